The van der Waals surface area contributed by atoms with Gasteiger partial charge in [0.25, 0.3) is 0 Å². The topological polar surface area (TPSA) is 210 Å². The van der Waals surface area contributed by atoms with E-state index in [1.165, 1.54) is 51.4 Å². The number of carbonyl (C=O) groups is 2. The van der Waals surface area contributed by atoms with Crippen LogP contribution >= 0.6 is 7.82 Å². The third kappa shape index (κ3) is 29.5. The monoisotopic (exact) mass is 885 g/mol. The second kappa shape index (κ2) is 37.0. The smallest absolute Gasteiger partial charge is 0.462 e. The largest absolute Gasteiger partial charge is 0.472 e. The van der Waals surface area contributed by atoms with Crippen LogP contribution in [0.3, 0.4) is 0 Å². The van der Waals surface area contributed by atoms with E-state index in [-0.39, 0.29) is 12.8 Å². The van der Waals surface area contributed by atoms with Gasteiger partial charge >= 0.3 is 19.8 Å². The average Bonchev–Trinajstić information content (AvgIpc) is 3.24. The van der Waals surface area contributed by atoms with Gasteiger partial charge in [-0.15, -0.1) is 0 Å². The maximum absolute atomic E-state index is 12.8. The minimum atomic E-state index is -5.13. The van der Waals surface area contributed by atoms with Gasteiger partial charge in [-0.05, 0) is 77.0 Å². The summed E-state index contributed by atoms with van der Waals surface area (Å²) in [5.41, 5.74) is 0. The molecule has 14 heteroatoms. The van der Waals surface area contributed by atoms with Crippen LogP contribution in [-0.2, 0) is 32.7 Å². The van der Waals surface area contributed by atoms with Gasteiger partial charge in [0.1, 0.15) is 43.2 Å². The second-order valence-corrected chi connectivity index (χ2v) is 17.3. The van der Waals surface area contributed by atoms with Gasteiger partial charge < -0.3 is 39.9 Å². The Balaban J connectivity index is 2.45. The molecule has 6 atom stereocenters. The Bertz CT molecular complexity index is 1300. The van der Waals surface area contributed by atoms with E-state index in [2.05, 4.69) is 74.6 Å². The maximum Gasteiger partial charge on any atom is 0.472 e. The summed E-state index contributed by atoms with van der Waals surface area (Å²) in [4.78, 5) is 35.7. The summed E-state index contributed by atoms with van der Waals surface area (Å²) in [5, 5.41) is 50.1. The highest BCUT2D eigenvalue weighted by Crippen LogP contribution is 2.47. The van der Waals surface area contributed by atoms with Gasteiger partial charge in [0.15, 0.2) is 6.10 Å². The number of unbranched alkanes of at least 4 members (excludes halogenated alkanes) is 15. The molecule has 0 amide bonds. The summed E-state index contributed by atoms with van der Waals surface area (Å²) in [6.07, 6.45) is 31.4. The van der Waals surface area contributed by atoms with Crippen molar-refractivity contribution in [2.45, 2.75) is 211 Å². The van der Waals surface area contributed by atoms with Crippen molar-refractivity contribution in [2.75, 3.05) is 13.2 Å². The summed E-state index contributed by atoms with van der Waals surface area (Å²) >= 11 is 0. The van der Waals surface area contributed by atoms with Crippen LogP contribution in [0.2, 0.25) is 0 Å². The summed E-state index contributed by atoms with van der Waals surface area (Å²) in [7, 11) is -5.13. The quantitative estimate of drug-likeness (QED) is 0.0149. The van der Waals surface area contributed by atoms with Crippen LogP contribution in [0.15, 0.2) is 60.8 Å². The predicted octanol–water partition coefficient (Wildman–Crippen LogP) is 8.94. The van der Waals surface area contributed by atoms with E-state index in [9.17, 15) is 44.6 Å². The van der Waals surface area contributed by atoms with E-state index in [0.29, 0.717) is 12.8 Å². The number of esters is 2. The minimum Gasteiger partial charge on any atom is -0.462 e. The SMILES string of the molecule is CC/C=C\C/C=C\C/C=C\CCCCCC(=O)OC(COC(=O)CCCCCCCCCCC/C=C\C/C=C\CCCCC)COP(=O)(O)OC1C(O)C(O)C(O)C(O)C1O. The van der Waals surface area contributed by atoms with E-state index >= 15 is 0 Å². The highest BCUT2D eigenvalue weighted by atomic mass is 31.2. The molecule has 1 aliphatic rings. The first-order valence-electron chi connectivity index (χ1n) is 23.1. The molecule has 0 radical (unpaired) electrons. The number of hydrogen-bond acceptors (Lipinski definition) is 12. The zero-order chi connectivity index (χ0) is 45.0. The lowest BCUT2D eigenvalue weighted by atomic mass is 9.85. The van der Waals surface area contributed by atoms with Gasteiger partial charge in [0, 0.05) is 12.8 Å². The molecule has 0 saturated heterocycles. The number of carbonyl (C=O) groups excluding carboxylic acids is 2. The number of aliphatic hydroxyl groups excluding tert-OH is 5. The lowest BCUT2D eigenvalue weighted by molar-refractivity contribution is -0.220. The Labute approximate surface area is 366 Å². The van der Waals surface area contributed by atoms with Crippen molar-refractivity contribution in [3.63, 3.8) is 0 Å². The predicted molar refractivity (Wildman–Crippen MR) is 239 cm³/mol. The molecule has 13 nitrogen and oxygen atoms in total. The molecule has 1 aliphatic carbocycles. The van der Waals surface area contributed by atoms with E-state index in [0.717, 1.165) is 77.0 Å². The normalized spacial score (nSPS) is 22.6. The third-order valence-electron chi connectivity index (χ3n) is 10.3. The van der Waals surface area contributed by atoms with Crippen LogP contribution in [-0.4, -0.2) is 98.3 Å². The van der Waals surface area contributed by atoms with E-state index in [4.69, 9.17) is 18.5 Å². The first kappa shape index (κ1) is 56.6. The number of rotatable bonds is 37. The first-order valence-corrected chi connectivity index (χ1v) is 24.6. The highest BCUT2D eigenvalue weighted by Gasteiger charge is 2.51. The molecule has 0 spiro atoms. The molecule has 1 saturated carbocycles. The van der Waals surface area contributed by atoms with Gasteiger partial charge in [0.05, 0.1) is 6.61 Å². The summed E-state index contributed by atoms with van der Waals surface area (Å²) in [6.45, 7) is 3.12. The molecule has 6 N–H and O–H groups in total. The second-order valence-electron chi connectivity index (χ2n) is 15.9. The highest BCUT2D eigenvalue weighted by molar-refractivity contribution is 7.47. The number of allylic oxidation sites excluding steroid dienone is 10. The van der Waals surface area contributed by atoms with Crippen molar-refractivity contribution >= 4 is 19.8 Å². The number of phosphoric ester groups is 1. The van der Waals surface area contributed by atoms with E-state index in [1.54, 1.807) is 0 Å². The van der Waals surface area contributed by atoms with Crippen LogP contribution in [0.4, 0.5) is 0 Å². The number of phosphoric acid groups is 1. The molecule has 0 aromatic carbocycles. The molecular weight excluding hydrogens is 803 g/mol. The molecule has 1 rings (SSSR count). The Kier molecular flexibility index (Phi) is 34.3. The zero-order valence-corrected chi connectivity index (χ0v) is 38.1. The van der Waals surface area contributed by atoms with Crippen molar-refractivity contribution in [2.24, 2.45) is 0 Å². The van der Waals surface area contributed by atoms with Crippen LogP contribution in [0.1, 0.15) is 168 Å². The van der Waals surface area contributed by atoms with Crippen LogP contribution in [0.25, 0.3) is 0 Å². The van der Waals surface area contributed by atoms with Crippen LogP contribution < -0.4 is 0 Å². The van der Waals surface area contributed by atoms with Crippen molar-refractivity contribution in [3.05, 3.63) is 60.8 Å². The molecule has 0 aromatic rings. The average molecular weight is 885 g/mol. The molecule has 0 aromatic heterocycles. The molecule has 1 fully saturated rings. The molecule has 0 bridgehead atoms. The molecule has 352 valence electrons. The number of hydrogen-bond donors (Lipinski definition) is 6. The summed E-state index contributed by atoms with van der Waals surface area (Å²) in [5.74, 6) is -1.14. The Morgan fingerprint density at radius 3 is 1.44 bits per heavy atom. The maximum atomic E-state index is 12.8. The Hall–Kier alpha value is -2.45. The fraction of sp³-hybridized carbons (Fsp3) is 0.745. The fourth-order valence-corrected chi connectivity index (χ4v) is 7.60. The Morgan fingerprint density at radius 2 is 0.934 bits per heavy atom. The fourth-order valence-electron chi connectivity index (χ4n) is 6.62. The minimum absolute atomic E-state index is 0.0583. The number of ether oxygens (including phenoxy) is 2. The standard InChI is InChI=1S/C47H81O13P/c1-3-5-7-9-11-13-15-17-18-19-20-21-22-24-25-27-29-31-33-35-40(48)57-37-39(38-58-61(55,56)60-47-45(53)43(51)42(50)44(52)46(47)54)59-41(49)36-34-32-30-28-26-23-16-14-12-10-8-6-4-2/h6,8,11-14,17-18,23,26,39,42-47,50-54H,3-5,7,9-10,15-16,19-22,24-25,27-38H2,1-2H3,(H,55,56)/b8-6-,13-11-,14-12-,18-17-,26-23-. The van der Waals surface area contributed by atoms with Crippen molar-refractivity contribution in [1.29, 1.82) is 0 Å². The Morgan fingerprint density at radius 1 is 0.525 bits per heavy atom. The van der Waals surface area contributed by atoms with Crippen molar-refractivity contribution < 1.29 is 63.1 Å². The molecule has 61 heavy (non-hydrogen) atoms. The lowest BCUT2D eigenvalue weighted by Crippen LogP contribution is -2.64. The van der Waals surface area contributed by atoms with Crippen molar-refractivity contribution in [1.82, 2.24) is 0 Å². The number of aliphatic hydroxyl groups is 5. The molecule has 0 heterocycles. The van der Waals surface area contributed by atoms with Gasteiger partial charge in [0.2, 0.25) is 0 Å². The molecule has 0 aliphatic heterocycles. The van der Waals surface area contributed by atoms with Gasteiger partial charge in [-0.2, -0.15) is 0 Å². The lowest BCUT2D eigenvalue weighted by Gasteiger charge is -2.41. The summed E-state index contributed by atoms with van der Waals surface area (Å²) in [6, 6.07) is 0. The molecular formula is C47H81O13P. The van der Waals surface area contributed by atoms with Gasteiger partial charge in [-0.3, -0.25) is 18.6 Å². The summed E-state index contributed by atoms with van der Waals surface area (Å²) < 4.78 is 33.5. The van der Waals surface area contributed by atoms with E-state index < -0.39 is 75.7 Å². The molecule has 6 unspecified atom stereocenters. The van der Waals surface area contributed by atoms with Crippen LogP contribution in [0, 0.1) is 0 Å². The van der Waals surface area contributed by atoms with Crippen molar-refractivity contribution in [3.8, 4) is 0 Å². The van der Waals surface area contributed by atoms with E-state index in [1.807, 2.05) is 0 Å². The first-order chi connectivity index (χ1) is 29.4. The zero-order valence-electron chi connectivity index (χ0n) is 37.2. The third-order valence-corrected chi connectivity index (χ3v) is 11.3. The van der Waals surface area contributed by atoms with Gasteiger partial charge in [-0.1, -0.05) is 139 Å². The van der Waals surface area contributed by atoms with Crippen LogP contribution in [0.5, 0.6) is 0 Å². The van der Waals surface area contributed by atoms with Gasteiger partial charge in [-0.25, -0.2) is 4.57 Å².